The fourth-order valence-corrected chi connectivity index (χ4v) is 2.66. The molecule has 1 aliphatic carbocycles. The summed E-state index contributed by atoms with van der Waals surface area (Å²) < 4.78 is 1.98. The van der Waals surface area contributed by atoms with Crippen LogP contribution >= 0.6 is 11.3 Å². The van der Waals surface area contributed by atoms with Crippen LogP contribution in [0.5, 0.6) is 0 Å². The average molecular weight is 220 g/mol. The molecule has 2 aromatic heterocycles. The summed E-state index contributed by atoms with van der Waals surface area (Å²) in [4.78, 5) is 17.1. The number of carbonyl (C=O) groups is 1. The third-order valence-corrected chi connectivity index (χ3v) is 3.79. The van der Waals surface area contributed by atoms with Gasteiger partial charge in [-0.3, -0.25) is 9.20 Å². The van der Waals surface area contributed by atoms with Gasteiger partial charge in [0.2, 0.25) is 0 Å². The summed E-state index contributed by atoms with van der Waals surface area (Å²) in [5.74, 6) is 1.26. The molecule has 1 fully saturated rings. The van der Waals surface area contributed by atoms with Gasteiger partial charge in [-0.05, 0) is 12.3 Å². The molecule has 0 saturated heterocycles. The van der Waals surface area contributed by atoms with E-state index in [1.54, 1.807) is 11.3 Å². The van der Waals surface area contributed by atoms with Gasteiger partial charge in [-0.1, -0.05) is 6.92 Å². The second-order valence-electron chi connectivity index (χ2n) is 4.29. The third-order valence-electron chi connectivity index (χ3n) is 3.02. The lowest BCUT2D eigenvalue weighted by Gasteiger charge is -1.93. The molecule has 4 heteroatoms. The lowest BCUT2D eigenvalue weighted by Crippen LogP contribution is -2.06. The standard InChI is InChI=1S/C11H12N2OS/c1-7-4-9(7)10(14)5-8-6-13-2-3-15-11(13)12-8/h2-3,6-7,9H,4-5H2,1H3. The van der Waals surface area contributed by atoms with E-state index in [0.29, 0.717) is 24.0 Å². The van der Waals surface area contributed by atoms with E-state index in [2.05, 4.69) is 11.9 Å². The minimum Gasteiger partial charge on any atom is -0.299 e. The number of aromatic nitrogens is 2. The number of carbonyl (C=O) groups excluding carboxylic acids is 1. The molecule has 2 heterocycles. The van der Waals surface area contributed by atoms with Crippen LogP contribution in [0.1, 0.15) is 19.0 Å². The van der Waals surface area contributed by atoms with Gasteiger partial charge in [0, 0.05) is 23.7 Å². The number of imidazole rings is 1. The maximum Gasteiger partial charge on any atom is 0.193 e. The number of hydrogen-bond donors (Lipinski definition) is 0. The number of rotatable bonds is 3. The molecular weight excluding hydrogens is 208 g/mol. The predicted octanol–water partition coefficient (Wildman–Crippen LogP) is 2.16. The van der Waals surface area contributed by atoms with Crippen molar-refractivity contribution in [1.29, 1.82) is 0 Å². The van der Waals surface area contributed by atoms with Gasteiger partial charge < -0.3 is 0 Å². The van der Waals surface area contributed by atoms with Gasteiger partial charge in [0.05, 0.1) is 12.1 Å². The highest BCUT2D eigenvalue weighted by molar-refractivity contribution is 7.15. The van der Waals surface area contributed by atoms with Gasteiger partial charge in [0.15, 0.2) is 4.96 Å². The highest BCUT2D eigenvalue weighted by Gasteiger charge is 2.38. The van der Waals surface area contributed by atoms with E-state index in [9.17, 15) is 4.79 Å². The molecule has 15 heavy (non-hydrogen) atoms. The minimum atomic E-state index is 0.310. The molecule has 0 spiro atoms. The van der Waals surface area contributed by atoms with Crippen LogP contribution in [0.25, 0.3) is 4.96 Å². The molecule has 0 aliphatic heterocycles. The van der Waals surface area contributed by atoms with Crippen molar-refractivity contribution >= 4 is 22.1 Å². The van der Waals surface area contributed by atoms with E-state index in [1.807, 2.05) is 22.2 Å². The smallest absolute Gasteiger partial charge is 0.193 e. The Kier molecular flexibility index (Phi) is 1.92. The Hall–Kier alpha value is -1.16. The summed E-state index contributed by atoms with van der Waals surface area (Å²) in [7, 11) is 0. The maximum atomic E-state index is 11.7. The highest BCUT2D eigenvalue weighted by atomic mass is 32.1. The van der Waals surface area contributed by atoms with Crippen LogP contribution in [0.15, 0.2) is 17.8 Å². The molecule has 3 nitrogen and oxygen atoms in total. The van der Waals surface area contributed by atoms with Gasteiger partial charge in [0.1, 0.15) is 5.78 Å². The van der Waals surface area contributed by atoms with Crippen molar-refractivity contribution in [2.75, 3.05) is 0 Å². The van der Waals surface area contributed by atoms with Crippen LogP contribution in [0, 0.1) is 11.8 Å². The molecule has 0 radical (unpaired) electrons. The fourth-order valence-electron chi connectivity index (χ4n) is 1.94. The lowest BCUT2D eigenvalue weighted by molar-refractivity contribution is -0.119. The van der Waals surface area contributed by atoms with Crippen LogP contribution in [0.3, 0.4) is 0 Å². The first-order chi connectivity index (χ1) is 7.24. The van der Waals surface area contributed by atoms with Gasteiger partial charge in [-0.15, -0.1) is 11.3 Å². The van der Waals surface area contributed by atoms with Crippen molar-refractivity contribution in [1.82, 2.24) is 9.38 Å². The van der Waals surface area contributed by atoms with Crippen LogP contribution in [0.4, 0.5) is 0 Å². The van der Waals surface area contributed by atoms with Crippen LogP contribution in [0.2, 0.25) is 0 Å². The molecule has 1 saturated carbocycles. The second kappa shape index (κ2) is 3.17. The number of fused-ring (bicyclic) bond motifs is 1. The predicted molar refractivity (Wildman–Crippen MR) is 59.1 cm³/mol. The van der Waals surface area contributed by atoms with E-state index in [4.69, 9.17) is 0 Å². The van der Waals surface area contributed by atoms with Gasteiger partial charge in [-0.25, -0.2) is 4.98 Å². The van der Waals surface area contributed by atoms with E-state index < -0.39 is 0 Å². The number of Topliss-reactive ketones (excluding diaryl/α,β-unsaturated/α-hetero) is 1. The van der Waals surface area contributed by atoms with Crippen molar-refractivity contribution < 1.29 is 4.79 Å². The minimum absolute atomic E-state index is 0.310. The lowest BCUT2D eigenvalue weighted by atomic mass is 10.1. The van der Waals surface area contributed by atoms with Crippen LogP contribution in [-0.2, 0) is 11.2 Å². The molecule has 0 N–H and O–H groups in total. The Morgan fingerprint density at radius 3 is 3.20 bits per heavy atom. The Labute approximate surface area is 91.8 Å². The first-order valence-corrected chi connectivity index (χ1v) is 6.06. The van der Waals surface area contributed by atoms with Crippen LogP contribution < -0.4 is 0 Å². The van der Waals surface area contributed by atoms with Gasteiger partial charge in [-0.2, -0.15) is 0 Å². The van der Waals surface area contributed by atoms with E-state index >= 15 is 0 Å². The fraction of sp³-hybridized carbons (Fsp3) is 0.455. The monoisotopic (exact) mass is 220 g/mol. The Bertz CT molecular complexity index is 485. The molecule has 78 valence electrons. The van der Waals surface area contributed by atoms with E-state index in [1.165, 1.54) is 0 Å². The molecule has 1 aliphatic rings. The van der Waals surface area contributed by atoms with Crippen molar-refractivity contribution in [2.24, 2.45) is 11.8 Å². The molecule has 2 atom stereocenters. The summed E-state index contributed by atoms with van der Waals surface area (Å²) in [6.07, 6.45) is 5.50. The number of nitrogens with zero attached hydrogens (tertiary/aromatic N) is 2. The SMILES string of the molecule is CC1CC1C(=O)Cc1cn2ccsc2n1. The summed E-state index contributed by atoms with van der Waals surface area (Å²) >= 11 is 1.60. The average Bonchev–Trinajstić information content (AvgIpc) is 2.58. The molecule has 2 unspecified atom stereocenters. The topological polar surface area (TPSA) is 34.4 Å². The van der Waals surface area contributed by atoms with Crippen molar-refractivity contribution in [3.63, 3.8) is 0 Å². The first kappa shape index (κ1) is 9.09. The highest BCUT2D eigenvalue weighted by Crippen LogP contribution is 2.39. The first-order valence-electron chi connectivity index (χ1n) is 5.18. The summed E-state index contributed by atoms with van der Waals surface area (Å²) in [5.41, 5.74) is 0.908. The van der Waals surface area contributed by atoms with Gasteiger partial charge >= 0.3 is 0 Å². The second-order valence-corrected chi connectivity index (χ2v) is 5.16. The number of ketones is 1. The molecule has 0 bridgehead atoms. The zero-order valence-corrected chi connectivity index (χ0v) is 9.33. The Balaban J connectivity index is 1.77. The summed E-state index contributed by atoms with van der Waals surface area (Å²) in [5, 5.41) is 2.00. The normalized spacial score (nSPS) is 24.6. The van der Waals surface area contributed by atoms with Crippen LogP contribution in [-0.4, -0.2) is 15.2 Å². The largest absolute Gasteiger partial charge is 0.299 e. The molecule has 2 aromatic rings. The molecule has 0 amide bonds. The third kappa shape index (κ3) is 1.59. The van der Waals surface area contributed by atoms with E-state index in [-0.39, 0.29) is 0 Å². The van der Waals surface area contributed by atoms with Gasteiger partial charge in [0.25, 0.3) is 0 Å². The Morgan fingerprint density at radius 2 is 2.53 bits per heavy atom. The molecular formula is C11H12N2OS. The summed E-state index contributed by atoms with van der Waals surface area (Å²) in [6, 6.07) is 0. The van der Waals surface area contributed by atoms with Crippen molar-refractivity contribution in [2.45, 2.75) is 19.8 Å². The molecule has 0 aromatic carbocycles. The zero-order chi connectivity index (χ0) is 10.4. The molecule has 3 rings (SSSR count). The van der Waals surface area contributed by atoms with E-state index in [0.717, 1.165) is 17.1 Å². The number of thiazole rings is 1. The number of hydrogen-bond acceptors (Lipinski definition) is 3. The summed E-state index contributed by atoms with van der Waals surface area (Å²) in [6.45, 7) is 2.13. The van der Waals surface area contributed by atoms with Crippen molar-refractivity contribution in [3.05, 3.63) is 23.5 Å². The quantitative estimate of drug-likeness (QED) is 0.794. The Morgan fingerprint density at radius 1 is 1.73 bits per heavy atom. The zero-order valence-electron chi connectivity index (χ0n) is 8.51. The van der Waals surface area contributed by atoms with Crippen molar-refractivity contribution in [3.8, 4) is 0 Å². The maximum absolute atomic E-state index is 11.7.